The summed E-state index contributed by atoms with van der Waals surface area (Å²) in [5, 5.41) is 5.45. The van der Waals surface area contributed by atoms with Gasteiger partial charge in [-0.05, 0) is 46.1 Å². The zero-order valence-corrected chi connectivity index (χ0v) is 12.4. The molecule has 5 heteroatoms. The van der Waals surface area contributed by atoms with E-state index in [9.17, 15) is 9.59 Å². The molecule has 0 unspecified atom stereocenters. The molecule has 0 rings (SSSR count). The van der Waals surface area contributed by atoms with E-state index in [-0.39, 0.29) is 5.91 Å². The van der Waals surface area contributed by atoms with Crippen molar-refractivity contribution in [3.05, 3.63) is 12.2 Å². The largest absolute Gasteiger partial charge is 0.444 e. The molecule has 0 saturated carbocycles. The lowest BCUT2D eigenvalue weighted by Crippen LogP contribution is -2.33. The molecule has 0 spiro atoms. The standard InChI is InChI=1S/C14H26N2O3/c1-5-6-9-12(17)15-10-7-8-11-16-13(18)19-14(2,3)4/h6,9H,5,7-8,10-11H2,1-4H3,(H,15,17)(H,16,18)/b9-6+. The van der Waals surface area contributed by atoms with Gasteiger partial charge in [-0.25, -0.2) is 4.79 Å². The van der Waals surface area contributed by atoms with Crippen LogP contribution in [0.3, 0.4) is 0 Å². The van der Waals surface area contributed by atoms with Crippen molar-refractivity contribution in [3.8, 4) is 0 Å². The molecule has 0 aromatic rings. The SMILES string of the molecule is CC/C=C/C(=O)NCCCCNC(=O)OC(C)(C)C. The van der Waals surface area contributed by atoms with Crippen LogP contribution < -0.4 is 10.6 Å². The topological polar surface area (TPSA) is 67.4 Å². The van der Waals surface area contributed by atoms with E-state index in [1.54, 1.807) is 6.08 Å². The van der Waals surface area contributed by atoms with Gasteiger partial charge < -0.3 is 15.4 Å². The first-order valence-corrected chi connectivity index (χ1v) is 6.76. The van der Waals surface area contributed by atoms with Gasteiger partial charge in [-0.1, -0.05) is 13.0 Å². The van der Waals surface area contributed by atoms with E-state index in [4.69, 9.17) is 4.74 Å². The molecule has 0 aliphatic rings. The summed E-state index contributed by atoms with van der Waals surface area (Å²) in [5.74, 6) is -0.0676. The van der Waals surface area contributed by atoms with E-state index in [1.165, 1.54) is 0 Å². The minimum Gasteiger partial charge on any atom is -0.444 e. The highest BCUT2D eigenvalue weighted by Gasteiger charge is 2.15. The zero-order valence-electron chi connectivity index (χ0n) is 12.4. The van der Waals surface area contributed by atoms with Gasteiger partial charge in [0.2, 0.25) is 5.91 Å². The number of carbonyl (C=O) groups excluding carboxylic acids is 2. The van der Waals surface area contributed by atoms with Crippen LogP contribution in [0.2, 0.25) is 0 Å². The molecule has 0 aromatic carbocycles. The second-order valence-electron chi connectivity index (χ2n) is 5.24. The van der Waals surface area contributed by atoms with Gasteiger partial charge in [0.25, 0.3) is 0 Å². The number of hydrogen-bond acceptors (Lipinski definition) is 3. The van der Waals surface area contributed by atoms with Crippen LogP contribution in [0.4, 0.5) is 4.79 Å². The molecule has 0 aliphatic carbocycles. The normalized spacial score (nSPS) is 11.4. The quantitative estimate of drug-likeness (QED) is 0.551. The van der Waals surface area contributed by atoms with E-state index >= 15 is 0 Å². The van der Waals surface area contributed by atoms with E-state index in [2.05, 4.69) is 10.6 Å². The molecular formula is C14H26N2O3. The summed E-state index contributed by atoms with van der Waals surface area (Å²) < 4.78 is 5.10. The molecule has 0 heterocycles. The van der Waals surface area contributed by atoms with Crippen molar-refractivity contribution in [2.75, 3.05) is 13.1 Å². The zero-order chi connectivity index (χ0) is 14.7. The van der Waals surface area contributed by atoms with Crippen LogP contribution in [0.5, 0.6) is 0 Å². The van der Waals surface area contributed by atoms with Crippen LogP contribution >= 0.6 is 0 Å². The Morgan fingerprint density at radius 2 is 1.68 bits per heavy atom. The molecule has 2 N–H and O–H groups in total. The molecule has 0 atom stereocenters. The van der Waals surface area contributed by atoms with Gasteiger partial charge in [0, 0.05) is 13.1 Å². The molecule has 0 fully saturated rings. The smallest absolute Gasteiger partial charge is 0.407 e. The number of unbranched alkanes of at least 4 members (excludes halogenated alkanes) is 1. The number of rotatable bonds is 7. The number of alkyl carbamates (subject to hydrolysis) is 1. The maximum atomic E-state index is 11.3. The molecule has 0 saturated heterocycles. The minimum atomic E-state index is -0.469. The van der Waals surface area contributed by atoms with Gasteiger partial charge in [0.1, 0.15) is 5.60 Å². The van der Waals surface area contributed by atoms with Crippen molar-refractivity contribution in [1.29, 1.82) is 0 Å². The van der Waals surface area contributed by atoms with Gasteiger partial charge in [0.15, 0.2) is 0 Å². The molecule has 2 amide bonds. The Morgan fingerprint density at radius 1 is 1.11 bits per heavy atom. The molecule has 5 nitrogen and oxygen atoms in total. The molecule has 0 aromatic heterocycles. The third-order valence-electron chi connectivity index (χ3n) is 2.08. The van der Waals surface area contributed by atoms with Crippen LogP contribution in [-0.2, 0) is 9.53 Å². The first-order valence-electron chi connectivity index (χ1n) is 6.76. The van der Waals surface area contributed by atoms with E-state index in [1.807, 2.05) is 33.8 Å². The van der Waals surface area contributed by atoms with Crippen molar-refractivity contribution >= 4 is 12.0 Å². The van der Waals surface area contributed by atoms with E-state index in [0.29, 0.717) is 13.1 Å². The van der Waals surface area contributed by atoms with Gasteiger partial charge in [-0.2, -0.15) is 0 Å². The second-order valence-corrected chi connectivity index (χ2v) is 5.24. The van der Waals surface area contributed by atoms with Crippen molar-refractivity contribution in [2.45, 2.75) is 52.6 Å². The molecule has 0 radical (unpaired) electrons. The molecule has 0 aliphatic heterocycles. The maximum Gasteiger partial charge on any atom is 0.407 e. The number of hydrogen-bond donors (Lipinski definition) is 2. The third-order valence-corrected chi connectivity index (χ3v) is 2.08. The minimum absolute atomic E-state index is 0.0676. The lowest BCUT2D eigenvalue weighted by atomic mass is 10.2. The summed E-state index contributed by atoms with van der Waals surface area (Å²) in [6.07, 6.45) is 5.44. The number of carbonyl (C=O) groups is 2. The molecular weight excluding hydrogens is 244 g/mol. The lowest BCUT2D eigenvalue weighted by Gasteiger charge is -2.19. The highest BCUT2D eigenvalue weighted by atomic mass is 16.6. The van der Waals surface area contributed by atoms with E-state index < -0.39 is 11.7 Å². The summed E-state index contributed by atoms with van der Waals surface area (Å²) in [4.78, 5) is 22.5. The molecule has 0 bridgehead atoms. The van der Waals surface area contributed by atoms with Crippen molar-refractivity contribution in [3.63, 3.8) is 0 Å². The predicted molar refractivity (Wildman–Crippen MR) is 75.9 cm³/mol. The fourth-order valence-corrected chi connectivity index (χ4v) is 1.25. The Kier molecular flexibility index (Phi) is 8.66. The van der Waals surface area contributed by atoms with Gasteiger partial charge in [-0.15, -0.1) is 0 Å². The second kappa shape index (κ2) is 9.42. The van der Waals surface area contributed by atoms with Crippen LogP contribution in [0.25, 0.3) is 0 Å². The fraction of sp³-hybridized carbons (Fsp3) is 0.714. The fourth-order valence-electron chi connectivity index (χ4n) is 1.25. The van der Waals surface area contributed by atoms with Crippen molar-refractivity contribution in [2.24, 2.45) is 0 Å². The van der Waals surface area contributed by atoms with Crippen LogP contribution in [0.1, 0.15) is 47.0 Å². The number of allylic oxidation sites excluding steroid dienone is 1. The Hall–Kier alpha value is -1.52. The summed E-state index contributed by atoms with van der Waals surface area (Å²) in [7, 11) is 0. The summed E-state index contributed by atoms with van der Waals surface area (Å²) in [5.41, 5.74) is -0.469. The summed E-state index contributed by atoms with van der Waals surface area (Å²) >= 11 is 0. The van der Waals surface area contributed by atoms with Crippen LogP contribution in [0, 0.1) is 0 Å². The Morgan fingerprint density at radius 3 is 2.21 bits per heavy atom. The van der Waals surface area contributed by atoms with Gasteiger partial charge in [0.05, 0.1) is 0 Å². The molecule has 110 valence electrons. The average molecular weight is 270 g/mol. The van der Waals surface area contributed by atoms with Crippen molar-refractivity contribution < 1.29 is 14.3 Å². The number of amides is 2. The molecule has 19 heavy (non-hydrogen) atoms. The van der Waals surface area contributed by atoms with Crippen molar-refractivity contribution in [1.82, 2.24) is 10.6 Å². The predicted octanol–water partition coefficient (Wildman–Crippen LogP) is 2.37. The lowest BCUT2D eigenvalue weighted by molar-refractivity contribution is -0.116. The van der Waals surface area contributed by atoms with E-state index in [0.717, 1.165) is 19.3 Å². The Bertz CT molecular complexity index is 306. The first kappa shape index (κ1) is 17.5. The maximum absolute atomic E-state index is 11.3. The van der Waals surface area contributed by atoms with Crippen LogP contribution in [0.15, 0.2) is 12.2 Å². The highest BCUT2D eigenvalue weighted by Crippen LogP contribution is 2.06. The monoisotopic (exact) mass is 270 g/mol. The summed E-state index contributed by atoms with van der Waals surface area (Å²) in [6, 6.07) is 0. The average Bonchev–Trinajstić information content (AvgIpc) is 2.28. The summed E-state index contributed by atoms with van der Waals surface area (Å²) in [6.45, 7) is 8.62. The number of nitrogens with one attached hydrogen (secondary N) is 2. The third kappa shape index (κ3) is 12.7. The Balaban J connectivity index is 3.48. The first-order chi connectivity index (χ1) is 8.85. The van der Waals surface area contributed by atoms with Gasteiger partial charge in [-0.3, -0.25) is 4.79 Å². The van der Waals surface area contributed by atoms with Crippen LogP contribution in [-0.4, -0.2) is 30.7 Å². The highest BCUT2D eigenvalue weighted by molar-refractivity contribution is 5.87. The number of ether oxygens (including phenoxy) is 1. The van der Waals surface area contributed by atoms with Gasteiger partial charge >= 0.3 is 6.09 Å². The Labute approximate surface area is 115 Å².